The molecule has 1 N–H and O–H groups in total. The number of nitrogens with one attached hydrogen (secondary N) is 1. The number of thioether (sulfide) groups is 1. The van der Waals surface area contributed by atoms with Gasteiger partial charge in [-0.25, -0.2) is 0 Å². The Morgan fingerprint density at radius 1 is 1.44 bits per heavy atom. The summed E-state index contributed by atoms with van der Waals surface area (Å²) in [7, 11) is 0. The summed E-state index contributed by atoms with van der Waals surface area (Å²) in [5.74, 6) is 1.65. The average Bonchev–Trinajstić information content (AvgIpc) is 3.10. The van der Waals surface area contributed by atoms with Crippen LogP contribution in [-0.2, 0) is 4.74 Å². The Balaban J connectivity index is 1.74. The maximum Gasteiger partial charge on any atom is 0.285 e. The number of nitrogens with zero attached hydrogens (tertiary/aromatic N) is 2. The van der Waals surface area contributed by atoms with Crippen LogP contribution in [0.4, 0.5) is 5.69 Å². The Morgan fingerprint density at radius 3 is 2.84 bits per heavy atom. The molecule has 0 spiro atoms. The van der Waals surface area contributed by atoms with Gasteiger partial charge >= 0.3 is 0 Å². The van der Waals surface area contributed by atoms with Crippen LogP contribution in [0.3, 0.4) is 0 Å². The molecule has 1 unspecified atom stereocenters. The van der Waals surface area contributed by atoms with E-state index in [1.165, 1.54) is 6.07 Å². The maximum atomic E-state index is 12.6. The predicted molar refractivity (Wildman–Crippen MR) is 97.2 cm³/mol. The van der Waals surface area contributed by atoms with Crippen molar-refractivity contribution in [1.82, 2.24) is 10.2 Å². The molecule has 1 atom stereocenters. The number of carbonyl (C=O) groups is 1. The molecule has 2 heterocycles. The van der Waals surface area contributed by atoms with Gasteiger partial charge in [-0.3, -0.25) is 19.8 Å². The molecule has 25 heavy (non-hydrogen) atoms. The summed E-state index contributed by atoms with van der Waals surface area (Å²) in [5.41, 5.74) is 0.439. The molecule has 1 aromatic rings. The second-order valence-electron chi connectivity index (χ2n) is 6.54. The highest BCUT2D eigenvalue weighted by molar-refractivity contribution is 7.99. The number of carbonyl (C=O) groups excluding carboxylic acids is 1. The molecule has 0 bridgehead atoms. The van der Waals surface area contributed by atoms with E-state index >= 15 is 0 Å². The Kier molecular flexibility index (Phi) is 5.61. The van der Waals surface area contributed by atoms with E-state index in [0.29, 0.717) is 25.3 Å². The quantitative estimate of drug-likeness (QED) is 0.633. The molecule has 2 fully saturated rings. The van der Waals surface area contributed by atoms with Crippen LogP contribution < -0.4 is 5.32 Å². The average molecular weight is 365 g/mol. The highest BCUT2D eigenvalue weighted by Crippen LogP contribution is 2.34. The summed E-state index contributed by atoms with van der Waals surface area (Å²) >= 11 is 1.89. The number of morpholine rings is 1. The highest BCUT2D eigenvalue weighted by Gasteiger charge is 2.41. The van der Waals surface area contributed by atoms with Gasteiger partial charge in [-0.05, 0) is 25.2 Å². The molecular weight excluding hydrogens is 342 g/mol. The van der Waals surface area contributed by atoms with Gasteiger partial charge in [-0.15, -0.1) is 0 Å². The van der Waals surface area contributed by atoms with E-state index in [2.05, 4.69) is 10.2 Å². The lowest BCUT2D eigenvalue weighted by Crippen LogP contribution is -2.59. The number of ether oxygens (including phenoxy) is 1. The maximum absolute atomic E-state index is 12.6. The summed E-state index contributed by atoms with van der Waals surface area (Å²) in [5, 5.41) is 14.3. The van der Waals surface area contributed by atoms with Gasteiger partial charge in [0.2, 0.25) is 0 Å². The molecule has 1 amide bonds. The Hall–Kier alpha value is -1.64. The zero-order valence-electron chi connectivity index (χ0n) is 14.3. The summed E-state index contributed by atoms with van der Waals surface area (Å²) in [6.07, 6.45) is 1.01. The van der Waals surface area contributed by atoms with Gasteiger partial charge in [-0.2, -0.15) is 11.8 Å². The third-order valence-electron chi connectivity index (χ3n) is 5.01. The molecule has 3 rings (SSSR count). The molecule has 0 saturated carbocycles. The van der Waals surface area contributed by atoms with Gasteiger partial charge in [0, 0.05) is 36.5 Å². The SMILES string of the molecule is Cc1cccc(C(=O)NCC2(N3CCOCC3)CCSC2)c1[N+](=O)[O-]. The number of para-hydroxylation sites is 1. The van der Waals surface area contributed by atoms with Crippen molar-refractivity contribution in [2.75, 3.05) is 44.4 Å². The monoisotopic (exact) mass is 365 g/mol. The summed E-state index contributed by atoms with van der Waals surface area (Å²) in [6.45, 7) is 5.30. The Bertz CT molecular complexity index is 655. The molecule has 0 radical (unpaired) electrons. The van der Waals surface area contributed by atoms with Crippen molar-refractivity contribution in [2.24, 2.45) is 0 Å². The van der Waals surface area contributed by atoms with Crippen molar-refractivity contribution in [1.29, 1.82) is 0 Å². The van der Waals surface area contributed by atoms with Crippen LogP contribution in [0.2, 0.25) is 0 Å². The third-order valence-corrected chi connectivity index (χ3v) is 6.24. The second-order valence-corrected chi connectivity index (χ2v) is 7.64. The molecule has 1 aromatic carbocycles. The number of hydrogen-bond acceptors (Lipinski definition) is 6. The third kappa shape index (κ3) is 3.80. The van der Waals surface area contributed by atoms with Crippen LogP contribution in [0.15, 0.2) is 18.2 Å². The van der Waals surface area contributed by atoms with E-state index in [9.17, 15) is 14.9 Å². The van der Waals surface area contributed by atoms with Crippen molar-refractivity contribution in [3.05, 3.63) is 39.4 Å². The van der Waals surface area contributed by atoms with Gasteiger partial charge in [0.05, 0.1) is 18.1 Å². The molecule has 136 valence electrons. The van der Waals surface area contributed by atoms with Gasteiger partial charge in [0.15, 0.2) is 0 Å². The minimum Gasteiger partial charge on any atom is -0.379 e. The van der Waals surface area contributed by atoms with E-state index < -0.39 is 4.92 Å². The van der Waals surface area contributed by atoms with Crippen molar-refractivity contribution in [3.63, 3.8) is 0 Å². The van der Waals surface area contributed by atoms with E-state index in [4.69, 9.17) is 4.74 Å². The van der Waals surface area contributed by atoms with Crippen LogP contribution in [-0.4, -0.2) is 65.6 Å². The van der Waals surface area contributed by atoms with E-state index in [1.807, 2.05) is 11.8 Å². The number of benzene rings is 1. The van der Waals surface area contributed by atoms with E-state index in [0.717, 1.165) is 31.0 Å². The van der Waals surface area contributed by atoms with Gasteiger partial charge < -0.3 is 10.1 Å². The Morgan fingerprint density at radius 2 is 2.20 bits per heavy atom. The number of rotatable bonds is 5. The zero-order chi connectivity index (χ0) is 17.9. The van der Waals surface area contributed by atoms with Crippen molar-refractivity contribution < 1.29 is 14.5 Å². The lowest BCUT2D eigenvalue weighted by Gasteiger charge is -2.43. The molecule has 2 aliphatic heterocycles. The van der Waals surface area contributed by atoms with E-state index in [1.54, 1.807) is 19.1 Å². The van der Waals surface area contributed by atoms with Crippen LogP contribution in [0.1, 0.15) is 22.3 Å². The van der Waals surface area contributed by atoms with Gasteiger partial charge in [0.1, 0.15) is 5.56 Å². The van der Waals surface area contributed by atoms with Crippen molar-refractivity contribution in [2.45, 2.75) is 18.9 Å². The predicted octanol–water partition coefficient (Wildman–Crippen LogP) is 1.84. The summed E-state index contributed by atoms with van der Waals surface area (Å²) in [4.78, 5) is 25.9. The minimum absolute atomic E-state index is 0.0806. The fourth-order valence-electron chi connectivity index (χ4n) is 3.56. The lowest BCUT2D eigenvalue weighted by atomic mass is 9.95. The first-order chi connectivity index (χ1) is 12.0. The minimum atomic E-state index is -0.479. The molecular formula is C17H23N3O4S. The van der Waals surface area contributed by atoms with Gasteiger partial charge in [0.25, 0.3) is 11.6 Å². The second kappa shape index (κ2) is 7.72. The van der Waals surface area contributed by atoms with Crippen LogP contribution in [0.25, 0.3) is 0 Å². The fraction of sp³-hybridized carbons (Fsp3) is 0.588. The van der Waals surface area contributed by atoms with E-state index in [-0.39, 0.29) is 22.7 Å². The molecule has 0 aromatic heterocycles. The number of nitro benzene ring substituents is 1. The molecule has 8 heteroatoms. The fourth-order valence-corrected chi connectivity index (χ4v) is 5.04. The standard InChI is InChI=1S/C17H23N3O4S/c1-13-3-2-4-14(15(13)20(22)23)16(21)18-11-17(5-10-25-12-17)19-6-8-24-9-7-19/h2-4H,5-12H2,1H3,(H,18,21). The first kappa shape index (κ1) is 18.2. The topological polar surface area (TPSA) is 84.7 Å². The summed E-state index contributed by atoms with van der Waals surface area (Å²) in [6, 6.07) is 4.85. The highest BCUT2D eigenvalue weighted by atomic mass is 32.2. The molecule has 2 saturated heterocycles. The molecule has 2 aliphatic rings. The smallest absolute Gasteiger partial charge is 0.285 e. The normalized spacial score (nSPS) is 24.2. The number of hydrogen-bond donors (Lipinski definition) is 1. The van der Waals surface area contributed by atoms with Gasteiger partial charge in [-0.1, -0.05) is 12.1 Å². The number of amides is 1. The first-order valence-electron chi connectivity index (χ1n) is 8.46. The first-order valence-corrected chi connectivity index (χ1v) is 9.62. The van der Waals surface area contributed by atoms with Crippen LogP contribution >= 0.6 is 11.8 Å². The number of nitro groups is 1. The largest absolute Gasteiger partial charge is 0.379 e. The summed E-state index contributed by atoms with van der Waals surface area (Å²) < 4.78 is 5.44. The molecule has 7 nitrogen and oxygen atoms in total. The van der Waals surface area contributed by atoms with Crippen LogP contribution in [0.5, 0.6) is 0 Å². The van der Waals surface area contributed by atoms with Crippen molar-refractivity contribution >= 4 is 23.4 Å². The molecule has 0 aliphatic carbocycles. The number of aryl methyl sites for hydroxylation is 1. The lowest BCUT2D eigenvalue weighted by molar-refractivity contribution is -0.385. The Labute approximate surface area is 151 Å². The zero-order valence-corrected chi connectivity index (χ0v) is 15.1. The van der Waals surface area contributed by atoms with Crippen molar-refractivity contribution in [3.8, 4) is 0 Å². The van der Waals surface area contributed by atoms with Crippen LogP contribution in [0, 0.1) is 17.0 Å².